The van der Waals surface area contributed by atoms with Crippen molar-refractivity contribution >= 4 is 33.2 Å². The normalized spacial score (nSPS) is 11.4. The topological polar surface area (TPSA) is 45.8 Å². The summed E-state index contributed by atoms with van der Waals surface area (Å²) in [6, 6.07) is 7.27. The number of halogens is 1. The Morgan fingerprint density at radius 1 is 1.25 bits per heavy atom. The molecule has 2 aromatic heterocycles. The van der Waals surface area contributed by atoms with E-state index in [-0.39, 0.29) is 5.56 Å². The van der Waals surface area contributed by atoms with Gasteiger partial charge in [0, 0.05) is 10.6 Å². The van der Waals surface area contributed by atoms with Crippen molar-refractivity contribution in [3.05, 3.63) is 50.6 Å². The lowest BCUT2D eigenvalue weighted by molar-refractivity contribution is 0.878. The Bertz CT molecular complexity index is 818. The Kier molecular flexibility index (Phi) is 3.36. The summed E-state index contributed by atoms with van der Waals surface area (Å²) in [6.07, 6.45) is 0. The highest BCUT2D eigenvalue weighted by Crippen LogP contribution is 2.28. The molecule has 102 valence electrons. The van der Waals surface area contributed by atoms with E-state index in [0.717, 1.165) is 16.0 Å². The first-order chi connectivity index (χ1) is 9.56. The maximum atomic E-state index is 12.3. The molecule has 0 saturated heterocycles. The Hall–Kier alpha value is -1.65. The monoisotopic (exact) mass is 304 g/mol. The van der Waals surface area contributed by atoms with Gasteiger partial charge in [0.25, 0.3) is 5.56 Å². The molecule has 0 saturated carbocycles. The van der Waals surface area contributed by atoms with Crippen LogP contribution < -0.4 is 5.56 Å². The molecule has 1 N–H and O–H groups in total. The number of nitrogens with one attached hydrogen (secondary N) is 1. The molecule has 0 amide bonds. The largest absolute Gasteiger partial charge is 0.306 e. The van der Waals surface area contributed by atoms with Crippen LogP contribution in [0.15, 0.2) is 34.4 Å². The molecule has 0 fully saturated rings. The maximum absolute atomic E-state index is 12.3. The number of benzene rings is 1. The Morgan fingerprint density at radius 2 is 1.95 bits per heavy atom. The highest BCUT2D eigenvalue weighted by molar-refractivity contribution is 7.16. The molecule has 0 spiro atoms. The smallest absolute Gasteiger partial charge is 0.260 e. The maximum Gasteiger partial charge on any atom is 0.260 e. The molecule has 0 unspecified atom stereocenters. The van der Waals surface area contributed by atoms with Crippen LogP contribution in [0.5, 0.6) is 0 Å². The number of thiophene rings is 1. The SMILES string of the molecule is CC(C)c1csc2nc(-c3ccc(Cl)cc3)[nH]c(=O)c12. The molecule has 0 atom stereocenters. The highest BCUT2D eigenvalue weighted by atomic mass is 35.5. The van der Waals surface area contributed by atoms with Gasteiger partial charge in [0.15, 0.2) is 0 Å². The van der Waals surface area contributed by atoms with Crippen molar-refractivity contribution in [2.75, 3.05) is 0 Å². The van der Waals surface area contributed by atoms with E-state index in [1.807, 2.05) is 17.5 Å². The van der Waals surface area contributed by atoms with Gasteiger partial charge in [-0.2, -0.15) is 0 Å². The third-order valence-corrected chi connectivity index (χ3v) is 4.35. The van der Waals surface area contributed by atoms with Crippen molar-refractivity contribution < 1.29 is 0 Å². The van der Waals surface area contributed by atoms with Crippen LogP contribution in [0.25, 0.3) is 21.6 Å². The number of hydrogen-bond acceptors (Lipinski definition) is 3. The quantitative estimate of drug-likeness (QED) is 0.761. The standard InChI is InChI=1S/C15H13ClN2OS/c1-8(2)11-7-20-15-12(11)14(19)17-13(18-15)9-3-5-10(16)6-4-9/h3-8H,1-2H3,(H,17,18,19). The summed E-state index contributed by atoms with van der Waals surface area (Å²) in [5, 5.41) is 3.39. The van der Waals surface area contributed by atoms with Crippen LogP contribution in [0.2, 0.25) is 5.02 Å². The Balaban J connectivity index is 2.21. The van der Waals surface area contributed by atoms with Crippen LogP contribution >= 0.6 is 22.9 Å². The summed E-state index contributed by atoms with van der Waals surface area (Å²) >= 11 is 7.38. The second-order valence-corrected chi connectivity index (χ2v) is 6.24. The van der Waals surface area contributed by atoms with E-state index in [1.165, 1.54) is 11.3 Å². The second kappa shape index (κ2) is 5.04. The zero-order valence-electron chi connectivity index (χ0n) is 11.1. The number of H-pyrrole nitrogens is 1. The number of hydrogen-bond donors (Lipinski definition) is 1. The van der Waals surface area contributed by atoms with Crippen molar-refractivity contribution in [2.24, 2.45) is 0 Å². The molecular formula is C15H13ClN2OS. The molecule has 0 bridgehead atoms. The van der Waals surface area contributed by atoms with Gasteiger partial charge in [0.1, 0.15) is 10.7 Å². The molecule has 0 aliphatic heterocycles. The predicted molar refractivity (Wildman–Crippen MR) is 84.8 cm³/mol. The van der Waals surface area contributed by atoms with E-state index in [2.05, 4.69) is 23.8 Å². The average Bonchev–Trinajstić information content (AvgIpc) is 2.84. The fraction of sp³-hybridized carbons (Fsp3) is 0.200. The lowest BCUT2D eigenvalue weighted by atomic mass is 10.0. The van der Waals surface area contributed by atoms with Crippen molar-refractivity contribution in [1.82, 2.24) is 9.97 Å². The number of aromatic amines is 1. The van der Waals surface area contributed by atoms with E-state index >= 15 is 0 Å². The van der Waals surface area contributed by atoms with Gasteiger partial charge in [-0.15, -0.1) is 11.3 Å². The summed E-state index contributed by atoms with van der Waals surface area (Å²) in [4.78, 5) is 20.5. The molecular weight excluding hydrogens is 292 g/mol. The van der Waals surface area contributed by atoms with Crippen LogP contribution in [0, 0.1) is 0 Å². The molecule has 0 aliphatic rings. The van der Waals surface area contributed by atoms with Gasteiger partial charge >= 0.3 is 0 Å². The number of aromatic nitrogens is 2. The number of nitrogens with zero attached hydrogens (tertiary/aromatic N) is 1. The van der Waals surface area contributed by atoms with Gasteiger partial charge in [-0.3, -0.25) is 4.79 Å². The molecule has 2 heterocycles. The minimum Gasteiger partial charge on any atom is -0.306 e. The van der Waals surface area contributed by atoms with Crippen molar-refractivity contribution in [3.63, 3.8) is 0 Å². The second-order valence-electron chi connectivity index (χ2n) is 4.95. The summed E-state index contributed by atoms with van der Waals surface area (Å²) in [7, 11) is 0. The molecule has 1 aromatic carbocycles. The van der Waals surface area contributed by atoms with Crippen LogP contribution in [0.1, 0.15) is 25.3 Å². The van der Waals surface area contributed by atoms with Gasteiger partial charge in [-0.25, -0.2) is 4.98 Å². The summed E-state index contributed by atoms with van der Waals surface area (Å²) in [5.41, 5.74) is 1.83. The van der Waals surface area contributed by atoms with E-state index in [0.29, 0.717) is 22.2 Å². The number of rotatable bonds is 2. The highest BCUT2D eigenvalue weighted by Gasteiger charge is 2.14. The fourth-order valence-electron chi connectivity index (χ4n) is 2.14. The summed E-state index contributed by atoms with van der Waals surface area (Å²) in [6.45, 7) is 4.15. The Labute approximate surface area is 125 Å². The molecule has 0 aliphatic carbocycles. The minimum absolute atomic E-state index is 0.0788. The van der Waals surface area contributed by atoms with Gasteiger partial charge in [0.05, 0.1) is 5.39 Å². The lowest BCUT2D eigenvalue weighted by Crippen LogP contribution is -2.10. The van der Waals surface area contributed by atoms with Crippen LogP contribution in [0.3, 0.4) is 0 Å². The molecule has 5 heteroatoms. The van der Waals surface area contributed by atoms with Crippen LogP contribution in [0.4, 0.5) is 0 Å². The Morgan fingerprint density at radius 3 is 2.60 bits per heavy atom. The van der Waals surface area contributed by atoms with E-state index in [9.17, 15) is 4.79 Å². The summed E-state index contributed by atoms with van der Waals surface area (Å²) in [5.74, 6) is 0.893. The first-order valence-corrected chi connectivity index (χ1v) is 7.59. The third-order valence-electron chi connectivity index (χ3n) is 3.21. The van der Waals surface area contributed by atoms with Crippen LogP contribution in [-0.2, 0) is 0 Å². The average molecular weight is 305 g/mol. The molecule has 20 heavy (non-hydrogen) atoms. The van der Waals surface area contributed by atoms with Crippen LogP contribution in [-0.4, -0.2) is 9.97 Å². The molecule has 0 radical (unpaired) electrons. The van der Waals surface area contributed by atoms with E-state index in [1.54, 1.807) is 12.1 Å². The molecule has 3 nitrogen and oxygen atoms in total. The van der Waals surface area contributed by atoms with Crippen molar-refractivity contribution in [1.29, 1.82) is 0 Å². The van der Waals surface area contributed by atoms with Gasteiger partial charge in [0.2, 0.25) is 0 Å². The predicted octanol–water partition coefficient (Wildman–Crippen LogP) is 4.43. The lowest BCUT2D eigenvalue weighted by Gasteiger charge is -2.04. The zero-order chi connectivity index (χ0) is 14.3. The third kappa shape index (κ3) is 2.25. The van der Waals surface area contributed by atoms with Gasteiger partial charge in [-0.1, -0.05) is 25.4 Å². The summed E-state index contributed by atoms with van der Waals surface area (Å²) < 4.78 is 0. The zero-order valence-corrected chi connectivity index (χ0v) is 12.7. The first-order valence-electron chi connectivity index (χ1n) is 6.33. The first kappa shape index (κ1) is 13.3. The van der Waals surface area contributed by atoms with Crippen molar-refractivity contribution in [3.8, 4) is 11.4 Å². The van der Waals surface area contributed by atoms with E-state index < -0.39 is 0 Å². The van der Waals surface area contributed by atoms with Gasteiger partial charge < -0.3 is 4.98 Å². The number of fused-ring (bicyclic) bond motifs is 1. The molecule has 3 aromatic rings. The van der Waals surface area contributed by atoms with Crippen molar-refractivity contribution in [2.45, 2.75) is 19.8 Å². The minimum atomic E-state index is -0.0788. The fourth-order valence-corrected chi connectivity index (χ4v) is 3.37. The molecule has 3 rings (SSSR count). The van der Waals surface area contributed by atoms with Gasteiger partial charge in [-0.05, 0) is 41.1 Å². The van der Waals surface area contributed by atoms with E-state index in [4.69, 9.17) is 11.6 Å².